The van der Waals surface area contributed by atoms with Gasteiger partial charge in [-0.1, -0.05) is 36.2 Å². The van der Waals surface area contributed by atoms with Crippen LogP contribution in [-0.2, 0) is 4.79 Å². The highest BCUT2D eigenvalue weighted by Gasteiger charge is 2.24. The largest absolute Gasteiger partial charge is 0.339 e. The maximum Gasteiger partial charge on any atom is 0.273 e. The third-order valence-electron chi connectivity index (χ3n) is 4.81. The minimum atomic E-state index is -0.299. The van der Waals surface area contributed by atoms with E-state index >= 15 is 0 Å². The lowest BCUT2D eigenvalue weighted by Crippen LogP contribution is -2.51. The molecule has 1 aromatic carbocycles. The van der Waals surface area contributed by atoms with E-state index in [4.69, 9.17) is 23.2 Å². The van der Waals surface area contributed by atoms with Crippen molar-refractivity contribution in [3.8, 4) is 0 Å². The number of hydrogen-bond acceptors (Lipinski definition) is 6. The molecule has 0 atom stereocenters. The van der Waals surface area contributed by atoms with Gasteiger partial charge in [0.05, 0.1) is 22.3 Å². The average molecular weight is 456 g/mol. The quantitative estimate of drug-likeness (QED) is 0.722. The van der Waals surface area contributed by atoms with Gasteiger partial charge in [-0.15, -0.1) is 11.3 Å². The minimum absolute atomic E-state index is 0.0331. The average Bonchev–Trinajstić information content (AvgIpc) is 3.19. The second-order valence-corrected chi connectivity index (χ2v) is 8.38. The van der Waals surface area contributed by atoms with Crippen LogP contribution in [0.3, 0.4) is 0 Å². The van der Waals surface area contributed by atoms with Crippen molar-refractivity contribution in [2.24, 2.45) is 0 Å². The maximum atomic E-state index is 12.7. The Hall–Kier alpha value is -1.87. The molecule has 1 aliphatic heterocycles. The van der Waals surface area contributed by atoms with Crippen LogP contribution in [0.4, 0.5) is 10.8 Å². The minimum Gasteiger partial charge on any atom is -0.339 e. The molecule has 2 aromatic rings. The van der Waals surface area contributed by atoms with Crippen molar-refractivity contribution in [3.05, 3.63) is 39.3 Å². The summed E-state index contributed by atoms with van der Waals surface area (Å²) in [6, 6.07) is 5.25. The third-order valence-corrected chi connectivity index (χ3v) is 6.38. The first-order valence-electron chi connectivity index (χ1n) is 9.31. The first kappa shape index (κ1) is 21.8. The van der Waals surface area contributed by atoms with Crippen molar-refractivity contribution in [2.75, 3.05) is 51.6 Å². The van der Waals surface area contributed by atoms with Crippen LogP contribution in [-0.4, -0.2) is 77.8 Å². The van der Waals surface area contributed by atoms with Crippen LogP contribution in [0.2, 0.25) is 10.0 Å². The van der Waals surface area contributed by atoms with E-state index < -0.39 is 0 Å². The fourth-order valence-corrected chi connectivity index (χ4v) is 4.07. The Bertz CT molecular complexity index is 883. The Labute approximate surface area is 184 Å². The molecule has 0 saturated carbocycles. The number of likely N-dealkylation sites (N-methyl/N-ethyl adjacent to an activating group) is 2. The van der Waals surface area contributed by atoms with Crippen molar-refractivity contribution in [1.82, 2.24) is 19.7 Å². The zero-order valence-corrected chi connectivity index (χ0v) is 18.6. The van der Waals surface area contributed by atoms with Crippen LogP contribution in [0.1, 0.15) is 17.4 Å². The number of benzene rings is 1. The van der Waals surface area contributed by atoms with Crippen LogP contribution in [0.15, 0.2) is 23.6 Å². The highest BCUT2D eigenvalue weighted by atomic mass is 35.5. The fraction of sp³-hybridized carbons (Fsp3) is 0.421. The number of anilines is 2. The molecule has 1 saturated heterocycles. The lowest BCUT2D eigenvalue weighted by atomic mass is 10.3. The van der Waals surface area contributed by atoms with Gasteiger partial charge in [-0.3, -0.25) is 9.59 Å². The predicted molar refractivity (Wildman–Crippen MR) is 118 cm³/mol. The highest BCUT2D eigenvalue weighted by molar-refractivity contribution is 7.14. The standard InChI is InChI=1S/C19H23Cl2N5O2S/c1-3-25-7-9-26(10-8-25)16(27)11-24(2)18(28)15-12-29-19(23-15)22-14-6-4-5-13(20)17(14)21/h4-6,12H,3,7-11H2,1-2H3,(H,22,23). The zero-order chi connectivity index (χ0) is 21.0. The summed E-state index contributed by atoms with van der Waals surface area (Å²) in [7, 11) is 1.61. The number of nitrogens with one attached hydrogen (secondary N) is 1. The molecule has 0 aliphatic carbocycles. The summed E-state index contributed by atoms with van der Waals surface area (Å²) in [5.74, 6) is -0.345. The van der Waals surface area contributed by atoms with Gasteiger partial charge >= 0.3 is 0 Å². The summed E-state index contributed by atoms with van der Waals surface area (Å²) >= 11 is 13.5. The van der Waals surface area contributed by atoms with Gasteiger partial charge in [-0.05, 0) is 18.7 Å². The molecule has 29 heavy (non-hydrogen) atoms. The van der Waals surface area contributed by atoms with Gasteiger partial charge in [-0.2, -0.15) is 0 Å². The SMILES string of the molecule is CCN1CCN(C(=O)CN(C)C(=O)c2csc(Nc3cccc(Cl)c3Cl)n2)CC1. The molecule has 156 valence electrons. The van der Waals surface area contributed by atoms with E-state index in [0.29, 0.717) is 34.0 Å². The van der Waals surface area contributed by atoms with Crippen LogP contribution in [0, 0.1) is 0 Å². The number of halogens is 2. The topological polar surface area (TPSA) is 68.8 Å². The summed E-state index contributed by atoms with van der Waals surface area (Å²) in [5, 5.41) is 6.07. The van der Waals surface area contributed by atoms with Gasteiger partial charge in [0, 0.05) is 38.6 Å². The van der Waals surface area contributed by atoms with Gasteiger partial charge in [0.2, 0.25) is 5.91 Å². The number of amides is 2. The molecule has 0 radical (unpaired) electrons. The normalized spacial score (nSPS) is 14.7. The Kier molecular flexibility index (Phi) is 7.34. The number of carbonyl (C=O) groups is 2. The number of aromatic nitrogens is 1. The first-order valence-corrected chi connectivity index (χ1v) is 10.9. The van der Waals surface area contributed by atoms with E-state index in [9.17, 15) is 9.59 Å². The van der Waals surface area contributed by atoms with Crippen LogP contribution >= 0.6 is 34.5 Å². The predicted octanol–water partition coefficient (Wildman–Crippen LogP) is 3.43. The van der Waals surface area contributed by atoms with Crippen molar-refractivity contribution < 1.29 is 9.59 Å². The molecular weight excluding hydrogens is 433 g/mol. The molecule has 1 N–H and O–H groups in total. The van der Waals surface area contributed by atoms with E-state index in [1.54, 1.807) is 30.6 Å². The molecule has 1 aromatic heterocycles. The summed E-state index contributed by atoms with van der Waals surface area (Å²) in [6.45, 7) is 6.26. The summed E-state index contributed by atoms with van der Waals surface area (Å²) < 4.78 is 0. The Balaban J connectivity index is 1.57. The van der Waals surface area contributed by atoms with Crippen LogP contribution < -0.4 is 5.32 Å². The third kappa shape index (κ3) is 5.39. The highest BCUT2D eigenvalue weighted by Crippen LogP contribution is 2.32. The number of piperazine rings is 1. The Morgan fingerprint density at radius 2 is 1.97 bits per heavy atom. The molecule has 1 aliphatic rings. The van der Waals surface area contributed by atoms with Gasteiger partial charge in [0.15, 0.2) is 5.13 Å². The number of rotatable bonds is 6. The molecule has 2 heterocycles. The molecule has 0 spiro atoms. The molecular formula is C19H23Cl2N5O2S. The first-order chi connectivity index (χ1) is 13.9. The number of hydrogen-bond donors (Lipinski definition) is 1. The lowest BCUT2D eigenvalue weighted by molar-refractivity contribution is -0.133. The van der Waals surface area contributed by atoms with Crippen LogP contribution in [0.25, 0.3) is 0 Å². The second-order valence-electron chi connectivity index (χ2n) is 6.74. The molecule has 1 fully saturated rings. The summed E-state index contributed by atoms with van der Waals surface area (Å²) in [5.41, 5.74) is 0.893. The Morgan fingerprint density at radius 3 is 2.66 bits per heavy atom. The second kappa shape index (κ2) is 9.75. The molecule has 2 amide bonds. The maximum absolute atomic E-state index is 12.7. The van der Waals surface area contributed by atoms with Crippen molar-refractivity contribution in [3.63, 3.8) is 0 Å². The molecule has 7 nitrogen and oxygen atoms in total. The molecule has 0 bridgehead atoms. The van der Waals surface area contributed by atoms with Crippen molar-refractivity contribution in [2.45, 2.75) is 6.92 Å². The summed E-state index contributed by atoms with van der Waals surface area (Å²) in [4.78, 5) is 35.0. The fourth-order valence-electron chi connectivity index (χ4n) is 3.03. The molecule has 3 rings (SSSR count). The van der Waals surface area contributed by atoms with E-state index in [1.165, 1.54) is 16.2 Å². The van der Waals surface area contributed by atoms with E-state index in [2.05, 4.69) is 22.1 Å². The smallest absolute Gasteiger partial charge is 0.273 e. The number of thiazole rings is 1. The van der Waals surface area contributed by atoms with Gasteiger partial charge < -0.3 is 20.0 Å². The van der Waals surface area contributed by atoms with Gasteiger partial charge in [-0.25, -0.2) is 4.98 Å². The van der Waals surface area contributed by atoms with E-state index in [1.807, 2.05) is 4.90 Å². The van der Waals surface area contributed by atoms with E-state index in [0.717, 1.165) is 19.6 Å². The molecule has 10 heteroatoms. The number of nitrogens with zero attached hydrogens (tertiary/aromatic N) is 4. The van der Waals surface area contributed by atoms with Crippen molar-refractivity contribution in [1.29, 1.82) is 0 Å². The van der Waals surface area contributed by atoms with Gasteiger partial charge in [0.1, 0.15) is 5.69 Å². The van der Waals surface area contributed by atoms with Crippen LogP contribution in [0.5, 0.6) is 0 Å². The monoisotopic (exact) mass is 455 g/mol. The number of carbonyl (C=O) groups excluding carboxylic acids is 2. The van der Waals surface area contributed by atoms with E-state index in [-0.39, 0.29) is 24.1 Å². The van der Waals surface area contributed by atoms with Gasteiger partial charge in [0.25, 0.3) is 5.91 Å². The summed E-state index contributed by atoms with van der Waals surface area (Å²) in [6.07, 6.45) is 0. The lowest BCUT2D eigenvalue weighted by Gasteiger charge is -2.34. The molecule has 0 unspecified atom stereocenters. The van der Waals surface area contributed by atoms with Crippen molar-refractivity contribution >= 4 is 57.2 Å². The Morgan fingerprint density at radius 1 is 1.24 bits per heavy atom. The zero-order valence-electron chi connectivity index (χ0n) is 16.3.